The standard InChI is InChI=1S/C23H19N5O3/c1-31-20-13-18-17(21(25-14-24-18)26-16-10-6-3-7-11-16)12-19(20)27-23(30)28-22(29)15-8-4-2-5-9-15/h2-14H,1H3,(H,24,25,26)(H2,27,28,29,30). The van der Waals surface area contributed by atoms with Crippen molar-refractivity contribution in [2.24, 2.45) is 0 Å². The van der Waals surface area contributed by atoms with Crippen LogP contribution in [0.25, 0.3) is 10.9 Å². The number of nitrogens with zero attached hydrogens (tertiary/aromatic N) is 2. The van der Waals surface area contributed by atoms with E-state index in [1.54, 1.807) is 42.5 Å². The second kappa shape index (κ2) is 8.91. The minimum absolute atomic E-state index is 0.374. The van der Waals surface area contributed by atoms with Crippen molar-refractivity contribution in [3.05, 3.63) is 84.7 Å². The maximum atomic E-state index is 12.4. The topological polar surface area (TPSA) is 105 Å². The second-order valence-electron chi connectivity index (χ2n) is 6.56. The average molecular weight is 413 g/mol. The molecule has 0 saturated heterocycles. The fourth-order valence-electron chi connectivity index (χ4n) is 3.03. The predicted molar refractivity (Wildman–Crippen MR) is 119 cm³/mol. The fraction of sp³-hybridized carbons (Fsp3) is 0.0435. The van der Waals surface area contributed by atoms with Crippen LogP contribution in [0.4, 0.5) is 22.0 Å². The summed E-state index contributed by atoms with van der Waals surface area (Å²) in [7, 11) is 1.49. The third-order valence-electron chi connectivity index (χ3n) is 4.50. The Hall–Kier alpha value is -4.46. The highest BCUT2D eigenvalue weighted by Gasteiger charge is 2.15. The van der Waals surface area contributed by atoms with Gasteiger partial charge < -0.3 is 15.4 Å². The number of amides is 3. The van der Waals surface area contributed by atoms with Gasteiger partial charge in [-0.25, -0.2) is 14.8 Å². The highest BCUT2D eigenvalue weighted by Crippen LogP contribution is 2.33. The molecule has 1 heterocycles. The number of rotatable bonds is 5. The Morgan fingerprint density at radius 3 is 2.32 bits per heavy atom. The number of urea groups is 1. The van der Waals surface area contributed by atoms with Crippen molar-refractivity contribution in [3.8, 4) is 5.75 Å². The van der Waals surface area contributed by atoms with Crippen LogP contribution in [-0.4, -0.2) is 29.0 Å². The highest BCUT2D eigenvalue weighted by atomic mass is 16.5. The fourth-order valence-corrected chi connectivity index (χ4v) is 3.03. The van der Waals surface area contributed by atoms with Gasteiger partial charge in [0.2, 0.25) is 0 Å². The van der Waals surface area contributed by atoms with Crippen LogP contribution in [0.1, 0.15) is 10.4 Å². The number of carbonyl (C=O) groups is 2. The lowest BCUT2D eigenvalue weighted by Gasteiger charge is -2.14. The van der Waals surface area contributed by atoms with Gasteiger partial charge in [0.15, 0.2) is 0 Å². The molecule has 4 rings (SSSR count). The predicted octanol–water partition coefficient (Wildman–Crippen LogP) is 4.34. The van der Waals surface area contributed by atoms with Crippen LogP contribution < -0.4 is 20.7 Å². The monoisotopic (exact) mass is 413 g/mol. The molecule has 0 radical (unpaired) electrons. The van der Waals surface area contributed by atoms with E-state index in [1.807, 2.05) is 30.3 Å². The van der Waals surface area contributed by atoms with Gasteiger partial charge in [-0.2, -0.15) is 0 Å². The molecule has 154 valence electrons. The Morgan fingerprint density at radius 2 is 1.61 bits per heavy atom. The van der Waals surface area contributed by atoms with Gasteiger partial charge in [-0.05, 0) is 30.3 Å². The van der Waals surface area contributed by atoms with Crippen LogP contribution in [0, 0.1) is 0 Å². The Morgan fingerprint density at radius 1 is 0.903 bits per heavy atom. The number of carbonyl (C=O) groups excluding carboxylic acids is 2. The van der Waals surface area contributed by atoms with E-state index in [0.717, 1.165) is 5.69 Å². The van der Waals surface area contributed by atoms with Crippen LogP contribution in [0.5, 0.6) is 5.75 Å². The molecule has 8 nitrogen and oxygen atoms in total. The summed E-state index contributed by atoms with van der Waals surface area (Å²) >= 11 is 0. The summed E-state index contributed by atoms with van der Waals surface area (Å²) in [5.74, 6) is 0.467. The van der Waals surface area contributed by atoms with Crippen LogP contribution in [0.3, 0.4) is 0 Å². The first-order chi connectivity index (χ1) is 15.1. The zero-order chi connectivity index (χ0) is 21.6. The molecule has 0 saturated carbocycles. The van der Waals surface area contributed by atoms with E-state index >= 15 is 0 Å². The number of benzene rings is 3. The number of methoxy groups -OCH3 is 1. The maximum absolute atomic E-state index is 12.4. The van der Waals surface area contributed by atoms with Gasteiger partial charge in [0, 0.05) is 22.7 Å². The summed E-state index contributed by atoms with van der Waals surface area (Å²) < 4.78 is 5.39. The van der Waals surface area contributed by atoms with Crippen LogP contribution in [0.2, 0.25) is 0 Å². The first kappa shape index (κ1) is 19.8. The molecule has 3 N–H and O–H groups in total. The maximum Gasteiger partial charge on any atom is 0.326 e. The molecule has 0 spiro atoms. The third kappa shape index (κ3) is 4.59. The van der Waals surface area contributed by atoms with E-state index in [9.17, 15) is 9.59 Å². The number of nitrogens with one attached hydrogen (secondary N) is 3. The van der Waals surface area contributed by atoms with Crippen LogP contribution in [-0.2, 0) is 0 Å². The summed E-state index contributed by atoms with van der Waals surface area (Å²) in [5.41, 5.74) is 2.25. The van der Waals surface area contributed by atoms with Crippen LogP contribution in [0.15, 0.2) is 79.1 Å². The van der Waals surface area contributed by atoms with Crippen molar-refractivity contribution in [1.82, 2.24) is 15.3 Å². The number of aromatic nitrogens is 2. The summed E-state index contributed by atoms with van der Waals surface area (Å²) in [5, 5.41) is 8.90. The van der Waals surface area contributed by atoms with E-state index in [-0.39, 0.29) is 0 Å². The van der Waals surface area contributed by atoms with Crippen LogP contribution >= 0.6 is 0 Å². The number of hydrogen-bond acceptors (Lipinski definition) is 6. The Balaban J connectivity index is 1.61. The highest BCUT2D eigenvalue weighted by molar-refractivity contribution is 6.09. The molecule has 0 unspecified atom stereocenters. The summed E-state index contributed by atoms with van der Waals surface area (Å²) in [4.78, 5) is 33.3. The Labute approximate surface area is 178 Å². The molecule has 0 fully saturated rings. The smallest absolute Gasteiger partial charge is 0.326 e. The Kier molecular flexibility index (Phi) is 5.70. The van der Waals surface area contributed by atoms with E-state index < -0.39 is 11.9 Å². The number of ether oxygens (including phenoxy) is 1. The normalized spacial score (nSPS) is 10.4. The molecule has 3 aromatic carbocycles. The average Bonchev–Trinajstić information content (AvgIpc) is 2.80. The Bertz CT molecular complexity index is 1230. The van der Waals surface area contributed by atoms with E-state index in [2.05, 4.69) is 25.9 Å². The molecular weight excluding hydrogens is 394 g/mol. The summed E-state index contributed by atoms with van der Waals surface area (Å²) in [6.45, 7) is 0. The van der Waals surface area contributed by atoms with Gasteiger partial charge in [-0.1, -0.05) is 36.4 Å². The van der Waals surface area contributed by atoms with Crippen molar-refractivity contribution >= 4 is 40.0 Å². The number of hydrogen-bond donors (Lipinski definition) is 3. The largest absolute Gasteiger partial charge is 0.494 e. The number of para-hydroxylation sites is 1. The van der Waals surface area contributed by atoms with Crippen molar-refractivity contribution in [3.63, 3.8) is 0 Å². The van der Waals surface area contributed by atoms with Gasteiger partial charge in [0.05, 0.1) is 18.3 Å². The molecule has 4 aromatic rings. The molecule has 0 aliphatic rings. The second-order valence-corrected chi connectivity index (χ2v) is 6.56. The third-order valence-corrected chi connectivity index (χ3v) is 4.50. The minimum atomic E-state index is -0.680. The molecule has 8 heteroatoms. The lowest BCUT2D eigenvalue weighted by Crippen LogP contribution is -2.34. The molecular formula is C23H19N5O3. The zero-order valence-electron chi connectivity index (χ0n) is 16.6. The molecule has 0 aliphatic heterocycles. The summed E-state index contributed by atoms with van der Waals surface area (Å²) in [6, 6.07) is 20.8. The SMILES string of the molecule is COc1cc2ncnc(Nc3ccccc3)c2cc1NC(=O)NC(=O)c1ccccc1. The number of anilines is 3. The van der Waals surface area contributed by atoms with E-state index in [4.69, 9.17) is 4.74 Å². The van der Waals surface area contributed by atoms with Crippen molar-refractivity contribution in [2.45, 2.75) is 0 Å². The molecule has 0 bridgehead atoms. The van der Waals surface area contributed by atoms with E-state index in [0.29, 0.717) is 33.7 Å². The first-order valence-electron chi connectivity index (χ1n) is 9.46. The number of imide groups is 1. The quantitative estimate of drug-likeness (QED) is 0.449. The lowest BCUT2D eigenvalue weighted by atomic mass is 10.2. The zero-order valence-corrected chi connectivity index (χ0v) is 16.6. The van der Waals surface area contributed by atoms with E-state index in [1.165, 1.54) is 13.4 Å². The minimum Gasteiger partial charge on any atom is -0.494 e. The van der Waals surface area contributed by atoms with Crippen molar-refractivity contribution < 1.29 is 14.3 Å². The van der Waals surface area contributed by atoms with Gasteiger partial charge in [-0.15, -0.1) is 0 Å². The molecule has 0 aliphatic carbocycles. The molecule has 3 amide bonds. The lowest BCUT2D eigenvalue weighted by molar-refractivity contribution is 0.0967. The van der Waals surface area contributed by atoms with Crippen molar-refractivity contribution in [2.75, 3.05) is 17.7 Å². The summed E-state index contributed by atoms with van der Waals surface area (Å²) in [6.07, 6.45) is 1.45. The first-order valence-corrected chi connectivity index (χ1v) is 9.46. The van der Waals surface area contributed by atoms with Gasteiger partial charge in [-0.3, -0.25) is 10.1 Å². The van der Waals surface area contributed by atoms with Crippen molar-refractivity contribution in [1.29, 1.82) is 0 Å². The number of fused-ring (bicyclic) bond motifs is 1. The van der Waals surface area contributed by atoms with Gasteiger partial charge >= 0.3 is 6.03 Å². The molecule has 1 aromatic heterocycles. The molecule has 31 heavy (non-hydrogen) atoms. The molecule has 0 atom stereocenters. The van der Waals surface area contributed by atoms with Gasteiger partial charge in [0.25, 0.3) is 5.91 Å². The van der Waals surface area contributed by atoms with Gasteiger partial charge in [0.1, 0.15) is 17.9 Å².